The van der Waals surface area contributed by atoms with E-state index in [-0.39, 0.29) is 36.3 Å². The number of halogens is 1. The number of aromatic amines is 1. The Morgan fingerprint density at radius 1 is 1.45 bits per heavy atom. The van der Waals surface area contributed by atoms with E-state index >= 15 is 0 Å². The van der Waals surface area contributed by atoms with Crippen LogP contribution < -0.4 is 21.9 Å². The third kappa shape index (κ3) is 5.84. The maximum absolute atomic E-state index is 12.9. The van der Waals surface area contributed by atoms with E-state index in [0.717, 1.165) is 18.2 Å². The molecule has 2 aromatic rings. The summed E-state index contributed by atoms with van der Waals surface area (Å²) >= 11 is 7.23. The maximum Gasteiger partial charge on any atom is 0.330 e. The Labute approximate surface area is 177 Å². The van der Waals surface area contributed by atoms with Crippen LogP contribution in [0.4, 0.5) is 11.5 Å². The number of methoxy groups -OCH3 is 1. The molecule has 29 heavy (non-hydrogen) atoms. The van der Waals surface area contributed by atoms with Crippen LogP contribution in [0, 0.1) is 0 Å². The van der Waals surface area contributed by atoms with Crippen LogP contribution in [0.15, 0.2) is 32.9 Å². The van der Waals surface area contributed by atoms with E-state index < -0.39 is 11.2 Å². The van der Waals surface area contributed by atoms with Gasteiger partial charge in [0.25, 0.3) is 5.56 Å². The largest absolute Gasteiger partial charge is 0.383 e. The quantitative estimate of drug-likeness (QED) is 0.538. The molecule has 9 nitrogen and oxygen atoms in total. The van der Waals surface area contributed by atoms with Gasteiger partial charge in [-0.1, -0.05) is 36.7 Å². The lowest BCUT2D eigenvalue weighted by molar-refractivity contribution is -0.116. The minimum atomic E-state index is -0.717. The molecule has 0 fully saturated rings. The average molecular weight is 442 g/mol. The molecule has 11 heteroatoms. The number of nitrogens with zero attached hydrogens (tertiary/aromatic N) is 3. The number of anilines is 2. The molecule has 0 aliphatic rings. The Kier molecular flexibility index (Phi) is 8.74. The number of carbonyl (C=O) groups excluding carboxylic acids is 1. The minimum Gasteiger partial charge on any atom is -0.383 e. The molecular weight excluding hydrogens is 418 g/mol. The van der Waals surface area contributed by atoms with Gasteiger partial charge in [0.05, 0.1) is 17.4 Å². The number of amides is 1. The predicted octanol–water partition coefficient (Wildman–Crippen LogP) is 1.74. The van der Waals surface area contributed by atoms with Gasteiger partial charge in [-0.15, -0.1) is 0 Å². The van der Waals surface area contributed by atoms with Crippen molar-refractivity contribution < 1.29 is 9.53 Å². The number of nitrogen functional groups attached to an aromatic ring is 1. The third-order valence-electron chi connectivity index (χ3n) is 4.10. The molecule has 0 unspecified atom stereocenters. The van der Waals surface area contributed by atoms with E-state index in [9.17, 15) is 14.4 Å². The van der Waals surface area contributed by atoms with Gasteiger partial charge in [0.2, 0.25) is 5.91 Å². The zero-order valence-electron chi connectivity index (χ0n) is 16.3. The lowest BCUT2D eigenvalue weighted by Gasteiger charge is -2.24. The van der Waals surface area contributed by atoms with Crippen molar-refractivity contribution in [3.63, 3.8) is 0 Å². The molecule has 0 radical (unpaired) electrons. The highest BCUT2D eigenvalue weighted by Gasteiger charge is 2.24. The summed E-state index contributed by atoms with van der Waals surface area (Å²) in [6.07, 6.45) is 3.12. The fourth-order valence-electron chi connectivity index (χ4n) is 2.61. The van der Waals surface area contributed by atoms with E-state index in [2.05, 4.69) is 9.97 Å². The molecule has 158 valence electrons. The van der Waals surface area contributed by atoms with Gasteiger partial charge in [-0.3, -0.25) is 19.1 Å². The van der Waals surface area contributed by atoms with Gasteiger partial charge in [0.1, 0.15) is 10.8 Å². The van der Waals surface area contributed by atoms with Crippen molar-refractivity contribution in [3.8, 4) is 0 Å². The Morgan fingerprint density at radius 2 is 2.21 bits per heavy atom. The first kappa shape index (κ1) is 23.0. The van der Waals surface area contributed by atoms with E-state index in [1.54, 1.807) is 18.3 Å². The molecule has 2 heterocycles. The van der Waals surface area contributed by atoms with Gasteiger partial charge in [0, 0.05) is 26.4 Å². The number of rotatable bonds is 10. The molecule has 0 saturated carbocycles. The van der Waals surface area contributed by atoms with Gasteiger partial charge in [-0.05, 0) is 18.6 Å². The molecule has 2 rings (SSSR count). The second-order valence-corrected chi connectivity index (χ2v) is 7.49. The Bertz CT molecular complexity index is 962. The molecule has 0 spiro atoms. The Hall–Kier alpha value is -2.30. The summed E-state index contributed by atoms with van der Waals surface area (Å²) in [5.74, 6) is -0.447. The third-order valence-corrected chi connectivity index (χ3v) is 5.50. The number of hydrogen-bond acceptors (Lipinski definition) is 7. The highest BCUT2D eigenvalue weighted by atomic mass is 35.5. The lowest BCUT2D eigenvalue weighted by Crippen LogP contribution is -2.43. The van der Waals surface area contributed by atoms with Gasteiger partial charge in [-0.2, -0.15) is 0 Å². The van der Waals surface area contributed by atoms with Crippen LogP contribution in [0.3, 0.4) is 0 Å². The SMILES string of the molecule is CCCCn1c(N)c(N(CCOC)C(=O)CSc2ncccc2Cl)c(=O)[nH]c1=O. The first-order valence-corrected chi connectivity index (χ1v) is 10.4. The maximum atomic E-state index is 12.9. The predicted molar refractivity (Wildman–Crippen MR) is 115 cm³/mol. The number of hydrogen-bond donors (Lipinski definition) is 2. The fourth-order valence-corrected chi connectivity index (χ4v) is 3.65. The highest BCUT2D eigenvalue weighted by molar-refractivity contribution is 8.00. The number of pyridine rings is 1. The highest BCUT2D eigenvalue weighted by Crippen LogP contribution is 2.25. The van der Waals surface area contributed by atoms with Crippen molar-refractivity contribution in [2.75, 3.05) is 36.6 Å². The molecule has 0 saturated heterocycles. The molecule has 0 aliphatic carbocycles. The number of nitrogens with one attached hydrogen (secondary N) is 1. The molecule has 3 N–H and O–H groups in total. The molecule has 0 bridgehead atoms. The number of thioether (sulfide) groups is 1. The zero-order valence-corrected chi connectivity index (χ0v) is 17.9. The van der Waals surface area contributed by atoms with Crippen molar-refractivity contribution >= 4 is 40.8 Å². The number of unbranched alkanes of at least 4 members (excludes halogenated alkanes) is 1. The number of nitrogens with two attached hydrogens (primary N) is 1. The Balaban J connectivity index is 2.36. The van der Waals surface area contributed by atoms with Crippen LogP contribution in [-0.2, 0) is 16.1 Å². The second-order valence-electron chi connectivity index (χ2n) is 6.12. The van der Waals surface area contributed by atoms with Crippen molar-refractivity contribution in [2.45, 2.75) is 31.3 Å². The summed E-state index contributed by atoms with van der Waals surface area (Å²) in [6, 6.07) is 3.37. The second kappa shape index (κ2) is 11.0. The van der Waals surface area contributed by atoms with Crippen LogP contribution in [-0.4, -0.2) is 46.5 Å². The summed E-state index contributed by atoms with van der Waals surface area (Å²) in [5.41, 5.74) is 4.76. The Morgan fingerprint density at radius 3 is 2.86 bits per heavy atom. The summed E-state index contributed by atoms with van der Waals surface area (Å²) in [6.45, 7) is 2.61. The van der Waals surface area contributed by atoms with E-state index in [1.165, 1.54) is 16.6 Å². The monoisotopic (exact) mass is 441 g/mol. The van der Waals surface area contributed by atoms with Crippen molar-refractivity contribution in [1.29, 1.82) is 0 Å². The normalized spacial score (nSPS) is 10.9. The lowest BCUT2D eigenvalue weighted by atomic mass is 10.3. The number of carbonyl (C=O) groups is 1. The molecule has 2 aromatic heterocycles. The van der Waals surface area contributed by atoms with Gasteiger partial charge in [0.15, 0.2) is 5.69 Å². The summed E-state index contributed by atoms with van der Waals surface area (Å²) in [7, 11) is 1.49. The van der Waals surface area contributed by atoms with Crippen LogP contribution in [0.5, 0.6) is 0 Å². The number of ether oxygens (including phenoxy) is 1. The van der Waals surface area contributed by atoms with Crippen LogP contribution in [0.2, 0.25) is 5.02 Å². The molecule has 1 amide bonds. The van der Waals surface area contributed by atoms with Gasteiger partial charge in [-0.25, -0.2) is 9.78 Å². The van der Waals surface area contributed by atoms with E-state index in [1.807, 2.05) is 6.92 Å². The van der Waals surface area contributed by atoms with Crippen LogP contribution in [0.1, 0.15) is 19.8 Å². The van der Waals surface area contributed by atoms with Gasteiger partial charge < -0.3 is 15.4 Å². The van der Waals surface area contributed by atoms with E-state index in [4.69, 9.17) is 22.1 Å². The first-order valence-electron chi connectivity index (χ1n) is 9.05. The molecule has 0 atom stereocenters. The molecular formula is C18H24ClN5O4S. The van der Waals surface area contributed by atoms with Crippen molar-refractivity contribution in [3.05, 3.63) is 44.2 Å². The zero-order chi connectivity index (χ0) is 21.4. The van der Waals surface area contributed by atoms with E-state index in [0.29, 0.717) is 23.0 Å². The standard InChI is InChI=1S/C18H24ClN5O4S/c1-3-4-8-24-15(20)14(16(26)22-18(24)27)23(9-10-28-2)13(25)11-29-17-12(19)6-5-7-21-17/h5-7H,3-4,8-11,20H2,1-2H3,(H,22,26,27). The van der Waals surface area contributed by atoms with Crippen LogP contribution in [0.25, 0.3) is 0 Å². The number of aromatic nitrogens is 3. The van der Waals surface area contributed by atoms with Crippen molar-refractivity contribution in [2.24, 2.45) is 0 Å². The summed E-state index contributed by atoms with van der Waals surface area (Å²) < 4.78 is 6.34. The van der Waals surface area contributed by atoms with Crippen LogP contribution >= 0.6 is 23.4 Å². The summed E-state index contributed by atoms with van der Waals surface area (Å²) in [5, 5.41) is 0.934. The smallest absolute Gasteiger partial charge is 0.330 e. The first-order chi connectivity index (χ1) is 13.9. The molecule has 0 aliphatic heterocycles. The fraction of sp³-hybridized carbons (Fsp3) is 0.444. The number of H-pyrrole nitrogens is 1. The topological polar surface area (TPSA) is 123 Å². The summed E-state index contributed by atoms with van der Waals surface area (Å²) in [4.78, 5) is 45.2. The minimum absolute atomic E-state index is 0.0204. The van der Waals surface area contributed by atoms with Gasteiger partial charge >= 0.3 is 5.69 Å². The molecule has 0 aromatic carbocycles. The average Bonchev–Trinajstić information content (AvgIpc) is 2.69. The van der Waals surface area contributed by atoms with Crippen molar-refractivity contribution in [1.82, 2.24) is 14.5 Å².